The molecule has 0 saturated heterocycles. The van der Waals surface area contributed by atoms with Crippen molar-refractivity contribution in [2.24, 2.45) is 0 Å². The Balaban J connectivity index is 1.95. The van der Waals surface area contributed by atoms with Crippen LogP contribution in [0.5, 0.6) is 5.75 Å². The fourth-order valence-corrected chi connectivity index (χ4v) is 2.59. The molecule has 21 heavy (non-hydrogen) atoms. The van der Waals surface area contributed by atoms with Crippen molar-refractivity contribution in [3.05, 3.63) is 57.9 Å². The Kier molecular flexibility index (Phi) is 3.64. The third kappa shape index (κ3) is 3.04. The highest BCUT2D eigenvalue weighted by molar-refractivity contribution is 6.30. The molecule has 1 aliphatic rings. The Hall–Kier alpha value is -1.58. The van der Waals surface area contributed by atoms with E-state index in [1.54, 1.807) is 0 Å². The molecule has 110 valence electrons. The van der Waals surface area contributed by atoms with Gasteiger partial charge in [-0.1, -0.05) is 23.7 Å². The minimum absolute atomic E-state index is 0.550. The number of nitrogens with zero attached hydrogens (tertiary/aromatic N) is 1. The normalized spacial score (nSPS) is 16.2. The molecule has 0 unspecified atom stereocenters. The largest absolute Gasteiger partial charge is 0.461 e. The second-order valence-corrected chi connectivity index (χ2v) is 6.21. The summed E-state index contributed by atoms with van der Waals surface area (Å²) in [5.41, 5.74) is 4.32. The number of rotatable bonds is 2. The van der Waals surface area contributed by atoms with E-state index in [0.29, 0.717) is 6.61 Å². The molecule has 0 radical (unpaired) electrons. The second kappa shape index (κ2) is 5.32. The van der Waals surface area contributed by atoms with Crippen LogP contribution in [0, 0.1) is 6.92 Å². The predicted octanol–water partition coefficient (Wildman–Crippen LogP) is 4.28. The molecular weight excluding hydrogens is 286 g/mol. The van der Waals surface area contributed by atoms with Gasteiger partial charge in [-0.05, 0) is 36.6 Å². The van der Waals surface area contributed by atoms with Gasteiger partial charge in [0.15, 0.2) is 0 Å². The lowest BCUT2D eigenvalue weighted by atomic mass is 10.00. The van der Waals surface area contributed by atoms with Crippen molar-refractivity contribution in [1.29, 1.82) is 0 Å². The van der Waals surface area contributed by atoms with Crippen LogP contribution in [0.2, 0.25) is 5.02 Å². The molecule has 0 N–H and O–H groups in total. The van der Waals surface area contributed by atoms with Crippen molar-refractivity contribution >= 4 is 11.6 Å². The van der Waals surface area contributed by atoms with Crippen LogP contribution < -0.4 is 4.74 Å². The number of fused-ring (bicyclic) bond motifs is 1. The molecule has 1 aromatic heterocycles. The van der Waals surface area contributed by atoms with Gasteiger partial charge in [0.1, 0.15) is 5.75 Å². The minimum atomic E-state index is -0.599. The fraction of sp³-hybridized carbons (Fsp3) is 0.353. The van der Waals surface area contributed by atoms with Gasteiger partial charge in [0, 0.05) is 30.6 Å². The highest BCUT2D eigenvalue weighted by atomic mass is 35.5. The molecule has 0 saturated carbocycles. The molecule has 2 heterocycles. The summed E-state index contributed by atoms with van der Waals surface area (Å²) in [6.07, 6.45) is 2.70. The summed E-state index contributed by atoms with van der Waals surface area (Å²) in [4.78, 5) is 4.47. The first-order valence-electron chi connectivity index (χ1n) is 6.99. The Morgan fingerprint density at radius 2 is 1.95 bits per heavy atom. The Labute approximate surface area is 129 Å². The van der Waals surface area contributed by atoms with Crippen LogP contribution in [0.4, 0.5) is 0 Å². The lowest BCUT2D eigenvalue weighted by Crippen LogP contribution is -2.36. The summed E-state index contributed by atoms with van der Waals surface area (Å²) in [7, 11) is 0. The molecule has 3 rings (SSSR count). The number of benzene rings is 1. The van der Waals surface area contributed by atoms with E-state index in [1.807, 2.05) is 51.2 Å². The van der Waals surface area contributed by atoms with Crippen LogP contribution in [-0.2, 0) is 17.8 Å². The number of halogens is 1. The zero-order valence-corrected chi connectivity index (χ0v) is 13.2. The predicted molar refractivity (Wildman–Crippen MR) is 82.7 cm³/mol. The van der Waals surface area contributed by atoms with E-state index in [4.69, 9.17) is 21.1 Å². The molecule has 0 fully saturated rings. The van der Waals surface area contributed by atoms with Crippen molar-refractivity contribution in [3.63, 3.8) is 0 Å². The van der Waals surface area contributed by atoms with Gasteiger partial charge in [-0.15, -0.1) is 0 Å². The van der Waals surface area contributed by atoms with Gasteiger partial charge in [-0.25, -0.2) is 0 Å². The molecule has 0 aliphatic carbocycles. The van der Waals surface area contributed by atoms with Crippen LogP contribution in [-0.4, -0.2) is 10.8 Å². The molecule has 4 heteroatoms. The lowest BCUT2D eigenvalue weighted by Gasteiger charge is -2.34. The first kappa shape index (κ1) is 14.4. The van der Waals surface area contributed by atoms with Crippen LogP contribution in [0.25, 0.3) is 0 Å². The van der Waals surface area contributed by atoms with Gasteiger partial charge < -0.3 is 9.47 Å². The summed E-state index contributed by atoms with van der Waals surface area (Å²) in [5, 5.41) is 0.747. The molecule has 0 spiro atoms. The molecular formula is C17H18ClNO2. The number of pyridine rings is 1. The second-order valence-electron chi connectivity index (χ2n) is 5.77. The van der Waals surface area contributed by atoms with E-state index < -0.39 is 5.79 Å². The van der Waals surface area contributed by atoms with Crippen LogP contribution in [0.15, 0.2) is 30.5 Å². The van der Waals surface area contributed by atoms with Crippen LogP contribution >= 0.6 is 11.6 Å². The minimum Gasteiger partial charge on any atom is -0.461 e. The Morgan fingerprint density at radius 1 is 1.24 bits per heavy atom. The molecule has 0 bridgehead atoms. The first-order chi connectivity index (χ1) is 9.94. The van der Waals surface area contributed by atoms with Gasteiger partial charge in [0.25, 0.3) is 0 Å². The highest BCUT2D eigenvalue weighted by Crippen LogP contribution is 2.35. The number of hydrogen-bond donors (Lipinski definition) is 0. The molecule has 0 atom stereocenters. The maximum atomic E-state index is 5.94. The number of aryl methyl sites for hydroxylation is 1. The monoisotopic (exact) mass is 303 g/mol. The van der Waals surface area contributed by atoms with Crippen LogP contribution in [0.3, 0.4) is 0 Å². The third-order valence-electron chi connectivity index (χ3n) is 3.62. The molecule has 2 aromatic rings. The van der Waals surface area contributed by atoms with Gasteiger partial charge in [-0.3, -0.25) is 4.98 Å². The van der Waals surface area contributed by atoms with E-state index >= 15 is 0 Å². The van der Waals surface area contributed by atoms with Crippen molar-refractivity contribution in [2.75, 3.05) is 0 Å². The van der Waals surface area contributed by atoms with Gasteiger partial charge in [-0.2, -0.15) is 0 Å². The van der Waals surface area contributed by atoms with E-state index in [1.165, 1.54) is 5.56 Å². The Morgan fingerprint density at radius 3 is 2.67 bits per heavy atom. The van der Waals surface area contributed by atoms with Crippen molar-refractivity contribution in [3.8, 4) is 5.75 Å². The maximum Gasteiger partial charge on any atom is 0.205 e. The third-order valence-corrected chi connectivity index (χ3v) is 3.88. The average molecular weight is 304 g/mol. The molecule has 1 aromatic carbocycles. The van der Waals surface area contributed by atoms with Crippen LogP contribution in [0.1, 0.15) is 36.2 Å². The standard InChI is InChI=1S/C17H18ClNO2/c1-11-16-15(10-20-17(2,3)21-16)13(9-19-11)8-12-4-6-14(18)7-5-12/h4-7,9H,8,10H2,1-3H3. The average Bonchev–Trinajstić information content (AvgIpc) is 2.44. The van der Waals surface area contributed by atoms with Crippen molar-refractivity contribution < 1.29 is 9.47 Å². The topological polar surface area (TPSA) is 31.4 Å². The number of aromatic nitrogens is 1. The van der Waals surface area contributed by atoms with E-state index in [-0.39, 0.29) is 0 Å². The highest BCUT2D eigenvalue weighted by Gasteiger charge is 2.30. The van der Waals surface area contributed by atoms with E-state index in [9.17, 15) is 0 Å². The quantitative estimate of drug-likeness (QED) is 0.830. The fourth-order valence-electron chi connectivity index (χ4n) is 2.46. The molecule has 0 amide bonds. The molecule has 3 nitrogen and oxygen atoms in total. The number of ether oxygens (including phenoxy) is 2. The lowest BCUT2D eigenvalue weighted by molar-refractivity contribution is -0.180. The maximum absolute atomic E-state index is 5.94. The van der Waals surface area contributed by atoms with Gasteiger partial charge in [0.05, 0.1) is 12.3 Å². The van der Waals surface area contributed by atoms with Crippen molar-refractivity contribution in [1.82, 2.24) is 4.98 Å². The van der Waals surface area contributed by atoms with Crippen molar-refractivity contribution in [2.45, 2.75) is 39.6 Å². The zero-order valence-electron chi connectivity index (χ0n) is 12.4. The first-order valence-corrected chi connectivity index (χ1v) is 7.37. The van der Waals surface area contributed by atoms with Gasteiger partial charge >= 0.3 is 0 Å². The molecule has 1 aliphatic heterocycles. The van der Waals surface area contributed by atoms with E-state index in [0.717, 1.165) is 34.0 Å². The SMILES string of the molecule is Cc1ncc(Cc2ccc(Cl)cc2)c2c1OC(C)(C)OC2. The zero-order chi connectivity index (χ0) is 15.0. The summed E-state index contributed by atoms with van der Waals surface area (Å²) in [6, 6.07) is 7.87. The smallest absolute Gasteiger partial charge is 0.205 e. The summed E-state index contributed by atoms with van der Waals surface area (Å²) in [5.74, 6) is 0.260. The van der Waals surface area contributed by atoms with E-state index in [2.05, 4.69) is 4.98 Å². The number of hydrogen-bond acceptors (Lipinski definition) is 3. The summed E-state index contributed by atoms with van der Waals surface area (Å²) < 4.78 is 11.7. The van der Waals surface area contributed by atoms with Gasteiger partial charge in [0.2, 0.25) is 5.79 Å². The summed E-state index contributed by atoms with van der Waals surface area (Å²) in [6.45, 7) is 6.35. The Bertz CT molecular complexity index is 665. The summed E-state index contributed by atoms with van der Waals surface area (Å²) >= 11 is 5.93.